The maximum atomic E-state index is 12.8. The molecule has 168 valence electrons. The van der Waals surface area contributed by atoms with Crippen molar-refractivity contribution < 1.29 is 26.8 Å². The number of furan rings is 2. The molecule has 4 rings (SSSR count). The Morgan fingerprint density at radius 3 is 2.26 bits per heavy atom. The van der Waals surface area contributed by atoms with Crippen molar-refractivity contribution in [3.63, 3.8) is 0 Å². The molecule has 0 aromatic carbocycles. The van der Waals surface area contributed by atoms with Gasteiger partial charge in [-0.25, -0.2) is 8.42 Å². The Morgan fingerprint density at radius 1 is 0.935 bits per heavy atom. The summed E-state index contributed by atoms with van der Waals surface area (Å²) in [5.74, 6) is 0.354. The Bertz CT molecular complexity index is 1040. The van der Waals surface area contributed by atoms with Crippen molar-refractivity contribution >= 4 is 21.8 Å². The standard InChI is InChI=1S/C21H27N3O6S/c1-15-5-6-17(29-15)20(25)22-16-9-13-23(14-10-16)21(26)18-7-8-19(30-18)31(27,28)24-11-3-2-4-12-24/h5-8,16H,2-4,9-14H2,1H3,(H,22,25). The van der Waals surface area contributed by atoms with E-state index in [1.54, 1.807) is 24.0 Å². The van der Waals surface area contributed by atoms with E-state index in [4.69, 9.17) is 8.83 Å². The summed E-state index contributed by atoms with van der Waals surface area (Å²) in [6.07, 6.45) is 3.87. The Kier molecular flexibility index (Phi) is 6.19. The number of carbonyl (C=O) groups excluding carboxylic acids is 2. The van der Waals surface area contributed by atoms with Crippen LogP contribution in [0.3, 0.4) is 0 Å². The predicted molar refractivity (Wildman–Crippen MR) is 111 cm³/mol. The number of hydrogen-bond donors (Lipinski definition) is 1. The smallest absolute Gasteiger partial charge is 0.289 e. The van der Waals surface area contributed by atoms with E-state index in [-0.39, 0.29) is 34.5 Å². The molecule has 2 aromatic heterocycles. The van der Waals surface area contributed by atoms with Gasteiger partial charge in [-0.1, -0.05) is 6.42 Å². The van der Waals surface area contributed by atoms with Gasteiger partial charge in [0.25, 0.3) is 21.8 Å². The van der Waals surface area contributed by atoms with Gasteiger partial charge in [-0.2, -0.15) is 4.31 Å². The van der Waals surface area contributed by atoms with Gasteiger partial charge in [-0.15, -0.1) is 0 Å². The van der Waals surface area contributed by atoms with Gasteiger partial charge in [0, 0.05) is 32.2 Å². The van der Waals surface area contributed by atoms with Crippen LogP contribution >= 0.6 is 0 Å². The molecule has 2 fully saturated rings. The first kappa shape index (κ1) is 21.6. The van der Waals surface area contributed by atoms with Crippen LogP contribution < -0.4 is 5.32 Å². The third-order valence-electron chi connectivity index (χ3n) is 5.78. The highest BCUT2D eigenvalue weighted by Gasteiger charge is 2.31. The molecule has 0 aliphatic carbocycles. The van der Waals surface area contributed by atoms with E-state index in [2.05, 4.69) is 5.32 Å². The summed E-state index contributed by atoms with van der Waals surface area (Å²) in [6, 6.07) is 6.09. The summed E-state index contributed by atoms with van der Waals surface area (Å²) < 4.78 is 37.7. The highest BCUT2D eigenvalue weighted by Crippen LogP contribution is 2.24. The van der Waals surface area contributed by atoms with E-state index in [0.717, 1.165) is 19.3 Å². The number of rotatable bonds is 5. The van der Waals surface area contributed by atoms with Crippen molar-refractivity contribution in [2.24, 2.45) is 0 Å². The number of nitrogens with one attached hydrogen (secondary N) is 1. The minimum atomic E-state index is -3.71. The fourth-order valence-electron chi connectivity index (χ4n) is 4.00. The van der Waals surface area contributed by atoms with Crippen molar-refractivity contribution in [3.8, 4) is 0 Å². The van der Waals surface area contributed by atoms with Crippen molar-refractivity contribution in [1.82, 2.24) is 14.5 Å². The van der Waals surface area contributed by atoms with E-state index in [9.17, 15) is 18.0 Å². The zero-order valence-corrected chi connectivity index (χ0v) is 18.3. The zero-order chi connectivity index (χ0) is 22.0. The topological polar surface area (TPSA) is 113 Å². The SMILES string of the molecule is Cc1ccc(C(=O)NC2CCN(C(=O)c3ccc(S(=O)(=O)N4CCCCC4)o3)CC2)o1. The van der Waals surface area contributed by atoms with Gasteiger partial charge >= 0.3 is 0 Å². The lowest BCUT2D eigenvalue weighted by molar-refractivity contribution is 0.0659. The number of nitrogens with zero attached hydrogens (tertiary/aromatic N) is 2. The lowest BCUT2D eigenvalue weighted by Crippen LogP contribution is -2.46. The molecule has 0 radical (unpaired) electrons. The summed E-state index contributed by atoms with van der Waals surface area (Å²) >= 11 is 0. The van der Waals surface area contributed by atoms with Crippen molar-refractivity contribution in [3.05, 3.63) is 41.5 Å². The van der Waals surface area contributed by atoms with Gasteiger partial charge in [0.2, 0.25) is 5.09 Å². The summed E-state index contributed by atoms with van der Waals surface area (Å²) in [5, 5.41) is 2.74. The molecule has 2 amide bonds. The lowest BCUT2D eigenvalue weighted by Gasteiger charge is -2.31. The first-order valence-corrected chi connectivity index (χ1v) is 12.0. The van der Waals surface area contributed by atoms with Gasteiger partial charge in [0.05, 0.1) is 0 Å². The molecule has 2 aliphatic rings. The average Bonchev–Trinajstić information content (AvgIpc) is 3.44. The molecule has 2 saturated heterocycles. The normalized spacial score (nSPS) is 18.8. The summed E-state index contributed by atoms with van der Waals surface area (Å²) in [4.78, 5) is 26.6. The number of aryl methyl sites for hydroxylation is 1. The molecule has 31 heavy (non-hydrogen) atoms. The maximum absolute atomic E-state index is 12.8. The highest BCUT2D eigenvalue weighted by molar-refractivity contribution is 7.89. The van der Waals surface area contributed by atoms with Crippen LogP contribution in [0.25, 0.3) is 0 Å². The quantitative estimate of drug-likeness (QED) is 0.750. The lowest BCUT2D eigenvalue weighted by atomic mass is 10.0. The van der Waals surface area contributed by atoms with Crippen molar-refractivity contribution in [2.45, 2.75) is 50.2 Å². The molecule has 0 spiro atoms. The fraction of sp³-hybridized carbons (Fsp3) is 0.524. The summed E-state index contributed by atoms with van der Waals surface area (Å²) in [7, 11) is -3.71. The fourth-order valence-corrected chi connectivity index (χ4v) is 5.43. The molecule has 1 N–H and O–H groups in total. The first-order valence-electron chi connectivity index (χ1n) is 10.6. The van der Waals surface area contributed by atoms with Gasteiger partial charge < -0.3 is 19.1 Å². The second-order valence-electron chi connectivity index (χ2n) is 8.03. The summed E-state index contributed by atoms with van der Waals surface area (Å²) in [5.41, 5.74) is 0. The van der Waals surface area contributed by atoms with Crippen LogP contribution in [-0.2, 0) is 10.0 Å². The minimum absolute atomic E-state index is 0.0177. The number of hydrogen-bond acceptors (Lipinski definition) is 6. The highest BCUT2D eigenvalue weighted by atomic mass is 32.2. The summed E-state index contributed by atoms with van der Waals surface area (Å²) in [6.45, 7) is 3.61. The number of piperidine rings is 2. The van der Waals surface area contributed by atoms with E-state index < -0.39 is 10.0 Å². The first-order chi connectivity index (χ1) is 14.8. The monoisotopic (exact) mass is 449 g/mol. The molecule has 4 heterocycles. The third kappa shape index (κ3) is 4.69. The van der Waals surface area contributed by atoms with Gasteiger partial charge in [0.15, 0.2) is 11.5 Å². The largest absolute Gasteiger partial charge is 0.456 e. The second kappa shape index (κ2) is 8.88. The van der Waals surface area contributed by atoms with E-state index in [1.807, 2.05) is 0 Å². The third-order valence-corrected chi connectivity index (χ3v) is 7.56. The average molecular weight is 450 g/mol. The molecule has 9 nitrogen and oxygen atoms in total. The number of sulfonamides is 1. The van der Waals surface area contributed by atoms with E-state index >= 15 is 0 Å². The Morgan fingerprint density at radius 2 is 1.61 bits per heavy atom. The van der Waals surface area contributed by atoms with Crippen LogP contribution in [0.5, 0.6) is 0 Å². The number of likely N-dealkylation sites (tertiary alicyclic amines) is 1. The van der Waals surface area contributed by atoms with Crippen molar-refractivity contribution in [1.29, 1.82) is 0 Å². The van der Waals surface area contributed by atoms with Gasteiger partial charge in [-0.3, -0.25) is 9.59 Å². The molecule has 2 aliphatic heterocycles. The second-order valence-corrected chi connectivity index (χ2v) is 9.90. The minimum Gasteiger partial charge on any atom is -0.456 e. The van der Waals surface area contributed by atoms with Crippen LogP contribution in [0.15, 0.2) is 38.2 Å². The number of carbonyl (C=O) groups is 2. The molecule has 0 unspecified atom stereocenters. The van der Waals surface area contributed by atoms with Crippen LogP contribution in [0.4, 0.5) is 0 Å². The van der Waals surface area contributed by atoms with Crippen molar-refractivity contribution in [2.75, 3.05) is 26.2 Å². The Hall–Kier alpha value is -2.59. The van der Waals surface area contributed by atoms with Crippen LogP contribution in [0.2, 0.25) is 0 Å². The van der Waals surface area contributed by atoms with Crippen LogP contribution in [0, 0.1) is 6.92 Å². The van der Waals surface area contributed by atoms with Gasteiger partial charge in [0.1, 0.15) is 5.76 Å². The molecule has 0 atom stereocenters. The van der Waals surface area contributed by atoms with Crippen LogP contribution in [0.1, 0.15) is 59.0 Å². The Labute approximate surface area is 181 Å². The molecule has 10 heteroatoms. The van der Waals surface area contributed by atoms with E-state index in [0.29, 0.717) is 44.8 Å². The number of amides is 2. The molecular formula is C21H27N3O6S. The molecule has 0 saturated carbocycles. The predicted octanol–water partition coefficient (Wildman–Crippen LogP) is 2.39. The molecular weight excluding hydrogens is 422 g/mol. The maximum Gasteiger partial charge on any atom is 0.289 e. The van der Waals surface area contributed by atoms with Crippen LogP contribution in [-0.4, -0.2) is 61.7 Å². The molecule has 0 bridgehead atoms. The zero-order valence-electron chi connectivity index (χ0n) is 17.5. The Balaban J connectivity index is 1.33. The van der Waals surface area contributed by atoms with Gasteiger partial charge in [-0.05, 0) is 56.9 Å². The molecule has 2 aromatic rings. The van der Waals surface area contributed by atoms with E-state index in [1.165, 1.54) is 16.4 Å².